The maximum atomic E-state index is 14.2. The zero-order chi connectivity index (χ0) is 27.6. The van der Waals surface area contributed by atoms with E-state index in [4.69, 9.17) is 9.47 Å². The summed E-state index contributed by atoms with van der Waals surface area (Å²) in [5, 5.41) is 22.5. The van der Waals surface area contributed by atoms with Crippen LogP contribution < -0.4 is 0 Å². The number of Topliss-reactive ketones (excluding diaryl/α,β-unsaturated/α-hetero) is 2. The molecule has 0 aromatic carbocycles. The molecular weight excluding hydrogens is 488 g/mol. The van der Waals surface area contributed by atoms with Gasteiger partial charge < -0.3 is 24.5 Å². The van der Waals surface area contributed by atoms with E-state index < -0.39 is 63.9 Å². The van der Waals surface area contributed by atoms with E-state index >= 15 is 0 Å². The molecule has 6 aliphatic rings. The number of aliphatic hydroxyl groups excluding tert-OH is 1. The van der Waals surface area contributed by atoms with Crippen LogP contribution in [0.3, 0.4) is 0 Å². The second-order valence-corrected chi connectivity index (χ2v) is 13.0. The van der Waals surface area contributed by atoms with Gasteiger partial charge in [-0.05, 0) is 52.0 Å². The Bertz CT molecular complexity index is 1260. The lowest BCUT2D eigenvalue weighted by Gasteiger charge is -2.44. The molecule has 0 radical (unpaired) electrons. The van der Waals surface area contributed by atoms with E-state index in [1.54, 1.807) is 13.8 Å². The number of fused-ring (bicyclic) bond motifs is 2. The standard InChI is InChI=1S/C30H36O8/c1-14(31)6-7-18-23(21-16(3)19(32)12-20(21)33)38-26(35)30(18)13-29-11-10-27(30,4)24(29)22-17(8-9-28(29,5)36)15(2)25(34)37-22/h10-11,17-19,22-24,32,36H,2,6-9,12-13H2,1,3-5H3/t17-,18+,19-,22-,23-,24-,27+,28+,29-,30-/m0/s1. The Hall–Kier alpha value is -2.58. The van der Waals surface area contributed by atoms with Crippen molar-refractivity contribution in [2.75, 3.05) is 0 Å². The highest BCUT2D eigenvalue weighted by molar-refractivity contribution is 6.01. The number of ether oxygens (including phenoxy) is 2. The van der Waals surface area contributed by atoms with Crippen LogP contribution in [0, 0.1) is 34.0 Å². The summed E-state index contributed by atoms with van der Waals surface area (Å²) in [7, 11) is 0. The van der Waals surface area contributed by atoms with Gasteiger partial charge >= 0.3 is 11.9 Å². The molecule has 0 amide bonds. The predicted octanol–water partition coefficient (Wildman–Crippen LogP) is 2.76. The van der Waals surface area contributed by atoms with Crippen molar-refractivity contribution < 1.29 is 38.9 Å². The Morgan fingerprint density at radius 1 is 1.18 bits per heavy atom. The smallest absolute Gasteiger partial charge is 0.334 e. The fourth-order valence-corrected chi connectivity index (χ4v) is 9.36. The summed E-state index contributed by atoms with van der Waals surface area (Å²) >= 11 is 0. The average Bonchev–Trinajstić information content (AvgIpc) is 3.51. The molecular formula is C30H36O8. The second kappa shape index (κ2) is 7.75. The number of hydrogen-bond acceptors (Lipinski definition) is 8. The van der Waals surface area contributed by atoms with Crippen LogP contribution in [0.2, 0.25) is 0 Å². The van der Waals surface area contributed by atoms with Crippen LogP contribution in [0.4, 0.5) is 0 Å². The zero-order valence-corrected chi connectivity index (χ0v) is 22.4. The molecule has 204 valence electrons. The minimum absolute atomic E-state index is 0.0361. The number of carbonyl (C=O) groups is 4. The molecule has 4 fully saturated rings. The predicted molar refractivity (Wildman–Crippen MR) is 134 cm³/mol. The first-order chi connectivity index (χ1) is 17.7. The lowest BCUT2D eigenvalue weighted by molar-refractivity contribution is -0.154. The fourth-order valence-electron chi connectivity index (χ4n) is 9.36. The van der Waals surface area contributed by atoms with Gasteiger partial charge in [-0.25, -0.2) is 4.79 Å². The monoisotopic (exact) mass is 524 g/mol. The number of cyclic esters (lactones) is 1. The van der Waals surface area contributed by atoms with Crippen molar-refractivity contribution >= 4 is 23.5 Å². The molecule has 1 spiro atoms. The van der Waals surface area contributed by atoms with Crippen LogP contribution in [0.25, 0.3) is 0 Å². The van der Waals surface area contributed by atoms with Crippen molar-refractivity contribution in [2.45, 2.75) is 90.1 Å². The van der Waals surface area contributed by atoms with Crippen LogP contribution in [-0.4, -0.2) is 57.6 Å². The van der Waals surface area contributed by atoms with Gasteiger partial charge in [0, 0.05) is 52.6 Å². The van der Waals surface area contributed by atoms with Crippen LogP contribution in [0.15, 0.2) is 35.5 Å². The largest absolute Gasteiger partial charge is 0.458 e. The van der Waals surface area contributed by atoms with Crippen LogP contribution in [0.5, 0.6) is 0 Å². The molecule has 38 heavy (non-hydrogen) atoms. The van der Waals surface area contributed by atoms with Gasteiger partial charge in [-0.3, -0.25) is 9.59 Å². The molecule has 10 atom stereocenters. The van der Waals surface area contributed by atoms with Gasteiger partial charge in [-0.1, -0.05) is 25.7 Å². The summed E-state index contributed by atoms with van der Waals surface area (Å²) in [4.78, 5) is 52.1. The van der Waals surface area contributed by atoms with E-state index in [0.29, 0.717) is 36.0 Å². The van der Waals surface area contributed by atoms with Crippen molar-refractivity contribution in [1.82, 2.24) is 0 Å². The number of rotatable bonds is 4. The number of esters is 2. The van der Waals surface area contributed by atoms with E-state index in [-0.39, 0.29) is 36.7 Å². The Balaban J connectivity index is 1.54. The Labute approximate surface area is 222 Å². The molecule has 8 nitrogen and oxygen atoms in total. The van der Waals surface area contributed by atoms with Gasteiger partial charge in [0.2, 0.25) is 0 Å². The van der Waals surface area contributed by atoms with Gasteiger partial charge in [0.05, 0.1) is 17.1 Å². The summed E-state index contributed by atoms with van der Waals surface area (Å²) in [6, 6.07) is 0. The van der Waals surface area contributed by atoms with Gasteiger partial charge in [0.15, 0.2) is 5.78 Å². The van der Waals surface area contributed by atoms with Crippen molar-refractivity contribution in [3.63, 3.8) is 0 Å². The van der Waals surface area contributed by atoms with Crippen molar-refractivity contribution in [2.24, 2.45) is 34.0 Å². The lowest BCUT2D eigenvalue weighted by Crippen LogP contribution is -2.49. The maximum absolute atomic E-state index is 14.2. The van der Waals surface area contributed by atoms with E-state index in [0.717, 1.165) is 0 Å². The third-order valence-corrected chi connectivity index (χ3v) is 11.4. The van der Waals surface area contributed by atoms with Gasteiger partial charge in [-0.2, -0.15) is 0 Å². The molecule has 8 heteroatoms. The molecule has 2 saturated carbocycles. The normalized spacial score (nSPS) is 49.0. The van der Waals surface area contributed by atoms with Gasteiger partial charge in [-0.15, -0.1) is 0 Å². The van der Waals surface area contributed by atoms with Crippen LogP contribution in [0.1, 0.15) is 66.2 Å². The second-order valence-electron chi connectivity index (χ2n) is 13.0. The summed E-state index contributed by atoms with van der Waals surface area (Å²) in [5.74, 6) is -2.39. The van der Waals surface area contributed by atoms with E-state index in [2.05, 4.69) is 6.58 Å². The molecule has 6 rings (SSSR count). The first-order valence-corrected chi connectivity index (χ1v) is 13.7. The summed E-state index contributed by atoms with van der Waals surface area (Å²) in [5.41, 5.74) is -2.89. The summed E-state index contributed by atoms with van der Waals surface area (Å²) < 4.78 is 12.1. The number of carbonyl (C=O) groups excluding carboxylic acids is 4. The Kier molecular flexibility index (Phi) is 5.24. The van der Waals surface area contributed by atoms with Crippen molar-refractivity contribution in [3.8, 4) is 0 Å². The minimum Gasteiger partial charge on any atom is -0.458 e. The molecule has 0 aromatic rings. The molecule has 2 aliphatic heterocycles. The number of allylic oxidation sites excluding steroid dienone is 1. The van der Waals surface area contributed by atoms with Gasteiger partial charge in [0.25, 0.3) is 0 Å². The molecule has 4 aliphatic carbocycles. The summed E-state index contributed by atoms with van der Waals surface area (Å²) in [6.45, 7) is 11.0. The van der Waals surface area contributed by atoms with Crippen LogP contribution >= 0.6 is 0 Å². The third kappa shape index (κ3) is 2.83. The van der Waals surface area contributed by atoms with E-state index in [9.17, 15) is 29.4 Å². The highest BCUT2D eigenvalue weighted by Crippen LogP contribution is 2.79. The molecule has 2 heterocycles. The first-order valence-electron chi connectivity index (χ1n) is 13.7. The zero-order valence-electron chi connectivity index (χ0n) is 22.4. The quantitative estimate of drug-likeness (QED) is 0.327. The fraction of sp³-hybridized carbons (Fsp3) is 0.667. The molecule has 2 N–H and O–H groups in total. The average molecular weight is 525 g/mol. The first kappa shape index (κ1) is 25.7. The topological polar surface area (TPSA) is 127 Å². The summed E-state index contributed by atoms with van der Waals surface area (Å²) in [6.07, 6.45) is 3.32. The van der Waals surface area contributed by atoms with Crippen LogP contribution in [-0.2, 0) is 28.7 Å². The molecule has 2 bridgehead atoms. The van der Waals surface area contributed by atoms with E-state index in [1.165, 1.54) is 6.92 Å². The van der Waals surface area contributed by atoms with E-state index in [1.807, 2.05) is 19.1 Å². The van der Waals surface area contributed by atoms with Crippen molar-refractivity contribution in [3.05, 3.63) is 35.5 Å². The number of ketones is 2. The lowest BCUT2D eigenvalue weighted by atomic mass is 9.55. The van der Waals surface area contributed by atoms with Crippen molar-refractivity contribution in [1.29, 1.82) is 0 Å². The van der Waals surface area contributed by atoms with Gasteiger partial charge in [0.1, 0.15) is 18.0 Å². The Morgan fingerprint density at radius 3 is 2.53 bits per heavy atom. The maximum Gasteiger partial charge on any atom is 0.334 e. The Morgan fingerprint density at radius 2 is 1.89 bits per heavy atom. The highest BCUT2D eigenvalue weighted by Gasteiger charge is 2.83. The highest BCUT2D eigenvalue weighted by atomic mass is 16.6. The minimum atomic E-state index is -1.20. The molecule has 0 unspecified atom stereocenters. The molecule has 0 aromatic heterocycles. The SMILES string of the molecule is C=C1C(=O)O[C@@H]2[C@@H]3[C@@]4(C=C[C@@]3(C)[C@]3(C4)C(=O)O[C@H](C4=C(C)[C@@H](O)CC4=O)[C@H]3CCC(C)=O)[C@](C)(O)CC[C@@H]12. The number of aliphatic hydroxyl groups is 2. The number of hydrogen-bond donors (Lipinski definition) is 2. The molecule has 2 saturated heterocycles. The third-order valence-electron chi connectivity index (χ3n) is 11.4.